The van der Waals surface area contributed by atoms with E-state index < -0.39 is 0 Å². The van der Waals surface area contributed by atoms with Crippen molar-refractivity contribution in [1.82, 2.24) is 9.55 Å². The molecule has 2 N–H and O–H groups in total. The number of fused-ring (bicyclic) bond motifs is 1. The van der Waals surface area contributed by atoms with Crippen LogP contribution in [0.1, 0.15) is 11.4 Å². The van der Waals surface area contributed by atoms with Gasteiger partial charge in [-0.25, -0.2) is 4.98 Å². The van der Waals surface area contributed by atoms with E-state index in [-0.39, 0.29) is 0 Å². The minimum absolute atomic E-state index is 0.634. The van der Waals surface area contributed by atoms with E-state index in [4.69, 9.17) is 10.5 Å². The zero-order valence-corrected chi connectivity index (χ0v) is 11.6. The van der Waals surface area contributed by atoms with Gasteiger partial charge in [0, 0.05) is 12.6 Å². The van der Waals surface area contributed by atoms with E-state index in [1.807, 2.05) is 37.3 Å². The van der Waals surface area contributed by atoms with E-state index in [1.54, 1.807) is 7.11 Å². The van der Waals surface area contributed by atoms with Gasteiger partial charge < -0.3 is 15.0 Å². The van der Waals surface area contributed by atoms with Crippen LogP contribution in [0.2, 0.25) is 0 Å². The fourth-order valence-electron chi connectivity index (χ4n) is 2.43. The Bertz CT molecular complexity index is 747. The molecule has 20 heavy (non-hydrogen) atoms. The number of nitrogen functional groups attached to an aromatic ring is 1. The SMILES string of the molecule is COc1cc2nc(C)n(Cc3ccccc3)c2cc1N. The molecular weight excluding hydrogens is 250 g/mol. The van der Waals surface area contributed by atoms with Gasteiger partial charge in [0.25, 0.3) is 0 Å². The second kappa shape index (κ2) is 4.89. The largest absolute Gasteiger partial charge is 0.495 e. The Hall–Kier alpha value is -2.49. The summed E-state index contributed by atoms with van der Waals surface area (Å²) in [5.41, 5.74) is 9.82. The molecular formula is C16H17N3O. The van der Waals surface area contributed by atoms with Crippen LogP contribution in [0.4, 0.5) is 5.69 Å². The molecule has 1 heterocycles. The molecule has 0 fully saturated rings. The lowest BCUT2D eigenvalue weighted by atomic mass is 10.2. The molecule has 102 valence electrons. The Morgan fingerprint density at radius 3 is 2.65 bits per heavy atom. The average molecular weight is 267 g/mol. The lowest BCUT2D eigenvalue weighted by Crippen LogP contribution is -2.02. The van der Waals surface area contributed by atoms with Crippen LogP contribution in [0.3, 0.4) is 0 Å². The van der Waals surface area contributed by atoms with Crippen molar-refractivity contribution in [3.63, 3.8) is 0 Å². The van der Waals surface area contributed by atoms with Crippen molar-refractivity contribution < 1.29 is 4.74 Å². The minimum Gasteiger partial charge on any atom is -0.495 e. The average Bonchev–Trinajstić information content (AvgIpc) is 2.75. The zero-order valence-electron chi connectivity index (χ0n) is 11.6. The maximum absolute atomic E-state index is 6.00. The lowest BCUT2D eigenvalue weighted by Gasteiger charge is -2.08. The molecule has 2 aromatic carbocycles. The van der Waals surface area contributed by atoms with Gasteiger partial charge in [0.15, 0.2) is 0 Å². The van der Waals surface area contributed by atoms with Crippen molar-refractivity contribution in [3.05, 3.63) is 53.9 Å². The highest BCUT2D eigenvalue weighted by molar-refractivity contribution is 5.83. The second-order valence-corrected chi connectivity index (χ2v) is 4.81. The third-order valence-electron chi connectivity index (χ3n) is 3.47. The highest BCUT2D eigenvalue weighted by atomic mass is 16.5. The van der Waals surface area contributed by atoms with Crippen LogP contribution in [-0.2, 0) is 6.54 Å². The van der Waals surface area contributed by atoms with E-state index in [1.165, 1.54) is 5.56 Å². The number of hydrogen-bond donors (Lipinski definition) is 1. The van der Waals surface area contributed by atoms with Crippen LogP contribution in [-0.4, -0.2) is 16.7 Å². The van der Waals surface area contributed by atoms with E-state index in [9.17, 15) is 0 Å². The number of imidazole rings is 1. The van der Waals surface area contributed by atoms with Gasteiger partial charge in [-0.1, -0.05) is 30.3 Å². The van der Waals surface area contributed by atoms with Crippen molar-refractivity contribution in [3.8, 4) is 5.75 Å². The number of nitrogens with two attached hydrogens (primary N) is 1. The normalized spacial score (nSPS) is 10.9. The van der Waals surface area contributed by atoms with Crippen LogP contribution in [0.25, 0.3) is 11.0 Å². The topological polar surface area (TPSA) is 53.1 Å². The van der Waals surface area contributed by atoms with Crippen LogP contribution < -0.4 is 10.5 Å². The molecule has 0 amide bonds. The van der Waals surface area contributed by atoms with E-state index in [0.717, 1.165) is 23.4 Å². The number of aromatic nitrogens is 2. The Labute approximate surface area is 117 Å². The molecule has 0 radical (unpaired) electrons. The van der Waals surface area contributed by atoms with Gasteiger partial charge in [-0.15, -0.1) is 0 Å². The maximum Gasteiger partial charge on any atom is 0.144 e. The van der Waals surface area contributed by atoms with Crippen LogP contribution in [0.15, 0.2) is 42.5 Å². The number of anilines is 1. The van der Waals surface area contributed by atoms with Crippen molar-refractivity contribution in [1.29, 1.82) is 0 Å². The Balaban J connectivity index is 2.11. The quantitative estimate of drug-likeness (QED) is 0.742. The molecule has 0 unspecified atom stereocenters. The van der Waals surface area contributed by atoms with E-state index >= 15 is 0 Å². The number of rotatable bonds is 3. The zero-order chi connectivity index (χ0) is 14.1. The molecule has 0 saturated heterocycles. The van der Waals surface area contributed by atoms with Crippen molar-refractivity contribution in [2.75, 3.05) is 12.8 Å². The summed E-state index contributed by atoms with van der Waals surface area (Å²) in [5, 5.41) is 0. The number of nitrogens with zero attached hydrogens (tertiary/aromatic N) is 2. The highest BCUT2D eigenvalue weighted by Gasteiger charge is 2.11. The minimum atomic E-state index is 0.634. The summed E-state index contributed by atoms with van der Waals surface area (Å²) in [6, 6.07) is 14.1. The number of hydrogen-bond acceptors (Lipinski definition) is 3. The van der Waals surface area contributed by atoms with Crippen LogP contribution >= 0.6 is 0 Å². The molecule has 0 aliphatic heterocycles. The lowest BCUT2D eigenvalue weighted by molar-refractivity contribution is 0.417. The van der Waals surface area contributed by atoms with Gasteiger partial charge in [0.2, 0.25) is 0 Å². The Morgan fingerprint density at radius 1 is 1.20 bits per heavy atom. The molecule has 0 aliphatic rings. The van der Waals surface area contributed by atoms with Gasteiger partial charge in [-0.3, -0.25) is 0 Å². The van der Waals surface area contributed by atoms with Gasteiger partial charge in [0.1, 0.15) is 11.6 Å². The Kier molecular flexibility index (Phi) is 3.06. The molecule has 0 aliphatic carbocycles. The predicted octanol–water partition coefficient (Wildman–Crippen LogP) is 2.98. The van der Waals surface area contributed by atoms with Crippen LogP contribution in [0, 0.1) is 6.92 Å². The highest BCUT2D eigenvalue weighted by Crippen LogP contribution is 2.28. The summed E-state index contributed by atoms with van der Waals surface area (Å²) in [6.07, 6.45) is 0. The van der Waals surface area contributed by atoms with Gasteiger partial charge in [-0.05, 0) is 18.6 Å². The Morgan fingerprint density at radius 2 is 1.95 bits per heavy atom. The molecule has 3 rings (SSSR count). The van der Waals surface area contributed by atoms with Gasteiger partial charge in [-0.2, -0.15) is 0 Å². The molecule has 1 aromatic heterocycles. The molecule has 0 bridgehead atoms. The second-order valence-electron chi connectivity index (χ2n) is 4.81. The van der Waals surface area contributed by atoms with Gasteiger partial charge >= 0.3 is 0 Å². The number of ether oxygens (including phenoxy) is 1. The monoisotopic (exact) mass is 267 g/mol. The van der Waals surface area contributed by atoms with E-state index in [0.29, 0.717) is 11.4 Å². The smallest absolute Gasteiger partial charge is 0.144 e. The first-order valence-corrected chi connectivity index (χ1v) is 6.53. The summed E-state index contributed by atoms with van der Waals surface area (Å²) in [6.45, 7) is 2.79. The number of aryl methyl sites for hydroxylation is 1. The summed E-state index contributed by atoms with van der Waals surface area (Å²) in [5.74, 6) is 1.64. The summed E-state index contributed by atoms with van der Waals surface area (Å²) < 4.78 is 7.41. The van der Waals surface area contributed by atoms with Crippen molar-refractivity contribution >= 4 is 16.7 Å². The maximum atomic E-state index is 6.00. The fraction of sp³-hybridized carbons (Fsp3) is 0.188. The molecule has 0 saturated carbocycles. The summed E-state index contributed by atoms with van der Waals surface area (Å²) in [7, 11) is 1.62. The third kappa shape index (κ3) is 2.09. The number of benzene rings is 2. The first-order chi connectivity index (χ1) is 9.69. The standard InChI is InChI=1S/C16H17N3O/c1-11-18-14-9-16(20-2)13(17)8-15(14)19(11)10-12-6-4-3-5-7-12/h3-9H,10,17H2,1-2H3. The molecule has 4 nitrogen and oxygen atoms in total. The predicted molar refractivity (Wildman–Crippen MR) is 81.0 cm³/mol. The first kappa shape index (κ1) is 12.5. The van der Waals surface area contributed by atoms with Crippen molar-refractivity contribution in [2.45, 2.75) is 13.5 Å². The summed E-state index contributed by atoms with van der Waals surface area (Å²) >= 11 is 0. The van der Waals surface area contributed by atoms with Crippen LogP contribution in [0.5, 0.6) is 5.75 Å². The molecule has 0 atom stereocenters. The third-order valence-corrected chi connectivity index (χ3v) is 3.47. The molecule has 0 spiro atoms. The van der Waals surface area contributed by atoms with Crippen molar-refractivity contribution in [2.24, 2.45) is 0 Å². The van der Waals surface area contributed by atoms with Gasteiger partial charge in [0.05, 0.1) is 23.8 Å². The number of methoxy groups -OCH3 is 1. The van der Waals surface area contributed by atoms with E-state index in [2.05, 4.69) is 21.7 Å². The fourth-order valence-corrected chi connectivity index (χ4v) is 2.43. The molecule has 3 aromatic rings. The summed E-state index contributed by atoms with van der Waals surface area (Å²) in [4.78, 5) is 4.59. The first-order valence-electron chi connectivity index (χ1n) is 6.53. The molecule has 4 heteroatoms.